The summed E-state index contributed by atoms with van der Waals surface area (Å²) in [5, 5.41) is 10.7. The SMILES string of the molecule is CC(C)(CN1CCC(F)(F)CC1)[N+](=O)[O-]. The Balaban J connectivity index is 2.46. The summed E-state index contributed by atoms with van der Waals surface area (Å²) in [6, 6.07) is 0. The Labute approximate surface area is 87.4 Å². The molecule has 1 rings (SSSR count). The maximum atomic E-state index is 12.8. The maximum Gasteiger partial charge on any atom is 0.250 e. The summed E-state index contributed by atoms with van der Waals surface area (Å²) in [6.45, 7) is 3.74. The zero-order valence-electron chi connectivity index (χ0n) is 9.00. The van der Waals surface area contributed by atoms with Crippen LogP contribution in [0.2, 0.25) is 0 Å². The first-order chi connectivity index (χ1) is 6.73. The number of piperidine rings is 1. The van der Waals surface area contributed by atoms with E-state index in [-0.39, 0.29) is 37.4 Å². The third kappa shape index (κ3) is 3.37. The lowest BCUT2D eigenvalue weighted by atomic mass is 10.0. The molecule has 4 nitrogen and oxygen atoms in total. The summed E-state index contributed by atoms with van der Waals surface area (Å²) in [7, 11) is 0. The van der Waals surface area contributed by atoms with E-state index in [9.17, 15) is 18.9 Å². The molecule has 6 heteroatoms. The molecule has 0 aromatic heterocycles. The highest BCUT2D eigenvalue weighted by Gasteiger charge is 2.39. The molecular formula is C9H16F2N2O2. The molecule has 15 heavy (non-hydrogen) atoms. The second-order valence-corrected chi connectivity index (χ2v) is 4.70. The van der Waals surface area contributed by atoms with Gasteiger partial charge in [0.15, 0.2) is 0 Å². The van der Waals surface area contributed by atoms with Gasteiger partial charge in [-0.2, -0.15) is 0 Å². The van der Waals surface area contributed by atoms with Gasteiger partial charge >= 0.3 is 0 Å². The second kappa shape index (κ2) is 4.00. The van der Waals surface area contributed by atoms with Gasteiger partial charge in [0, 0.05) is 44.7 Å². The molecule has 1 fully saturated rings. The monoisotopic (exact) mass is 222 g/mol. The minimum absolute atomic E-state index is 0.194. The summed E-state index contributed by atoms with van der Waals surface area (Å²) >= 11 is 0. The first-order valence-corrected chi connectivity index (χ1v) is 4.98. The van der Waals surface area contributed by atoms with E-state index in [1.807, 2.05) is 0 Å². The lowest BCUT2D eigenvalue weighted by Gasteiger charge is -2.33. The molecule has 0 N–H and O–H groups in total. The van der Waals surface area contributed by atoms with Crippen molar-refractivity contribution in [2.45, 2.75) is 38.2 Å². The van der Waals surface area contributed by atoms with Gasteiger partial charge in [-0.1, -0.05) is 0 Å². The van der Waals surface area contributed by atoms with E-state index in [4.69, 9.17) is 0 Å². The highest BCUT2D eigenvalue weighted by atomic mass is 19.3. The summed E-state index contributed by atoms with van der Waals surface area (Å²) in [4.78, 5) is 12.0. The van der Waals surface area contributed by atoms with Crippen molar-refractivity contribution in [2.24, 2.45) is 0 Å². The lowest BCUT2D eigenvalue weighted by molar-refractivity contribution is -0.561. The quantitative estimate of drug-likeness (QED) is 0.540. The zero-order chi connectivity index (χ0) is 11.7. The molecule has 0 saturated carbocycles. The van der Waals surface area contributed by atoms with E-state index in [2.05, 4.69) is 0 Å². The summed E-state index contributed by atoms with van der Waals surface area (Å²) in [6.07, 6.45) is -0.387. The van der Waals surface area contributed by atoms with Crippen LogP contribution in [0, 0.1) is 10.1 Å². The number of likely N-dealkylation sites (tertiary alicyclic amines) is 1. The molecule has 0 amide bonds. The van der Waals surface area contributed by atoms with E-state index in [0.717, 1.165) is 0 Å². The summed E-state index contributed by atoms with van der Waals surface area (Å²) < 4.78 is 25.6. The van der Waals surface area contributed by atoms with Crippen LogP contribution in [-0.2, 0) is 0 Å². The van der Waals surface area contributed by atoms with Crippen LogP contribution in [-0.4, -0.2) is 40.9 Å². The average molecular weight is 222 g/mol. The molecular weight excluding hydrogens is 206 g/mol. The smallest absolute Gasteiger partial charge is 0.250 e. The molecule has 0 radical (unpaired) electrons. The van der Waals surface area contributed by atoms with Crippen LogP contribution in [0.15, 0.2) is 0 Å². The fourth-order valence-electron chi connectivity index (χ4n) is 1.64. The van der Waals surface area contributed by atoms with Gasteiger partial charge in [0.05, 0.1) is 6.54 Å². The van der Waals surface area contributed by atoms with Crippen LogP contribution in [0.3, 0.4) is 0 Å². The van der Waals surface area contributed by atoms with Gasteiger partial charge in [0.1, 0.15) is 0 Å². The Kier molecular flexibility index (Phi) is 3.28. The average Bonchev–Trinajstić information content (AvgIpc) is 2.08. The normalized spacial score (nSPS) is 22.7. The van der Waals surface area contributed by atoms with Crippen molar-refractivity contribution < 1.29 is 13.7 Å². The molecule has 0 aromatic rings. The molecule has 0 bridgehead atoms. The van der Waals surface area contributed by atoms with Crippen molar-refractivity contribution in [1.29, 1.82) is 0 Å². The largest absolute Gasteiger partial charge is 0.296 e. The predicted octanol–water partition coefficient (Wildman–Crippen LogP) is 1.77. The number of nitro groups is 1. The molecule has 0 aliphatic carbocycles. The Morgan fingerprint density at radius 2 is 1.87 bits per heavy atom. The Morgan fingerprint density at radius 1 is 1.40 bits per heavy atom. The topological polar surface area (TPSA) is 46.4 Å². The summed E-state index contributed by atoms with van der Waals surface area (Å²) in [5.74, 6) is -2.59. The first-order valence-electron chi connectivity index (χ1n) is 4.98. The van der Waals surface area contributed by atoms with Crippen LogP contribution in [0.4, 0.5) is 8.78 Å². The molecule has 1 aliphatic heterocycles. The van der Waals surface area contributed by atoms with Crippen molar-refractivity contribution in [1.82, 2.24) is 4.90 Å². The molecule has 0 aromatic carbocycles. The highest BCUT2D eigenvalue weighted by Crippen LogP contribution is 2.28. The second-order valence-electron chi connectivity index (χ2n) is 4.70. The van der Waals surface area contributed by atoms with E-state index < -0.39 is 11.5 Å². The molecule has 1 saturated heterocycles. The first kappa shape index (κ1) is 12.3. The van der Waals surface area contributed by atoms with Crippen molar-refractivity contribution in [3.05, 3.63) is 10.1 Å². The van der Waals surface area contributed by atoms with Crippen LogP contribution in [0.5, 0.6) is 0 Å². The van der Waals surface area contributed by atoms with Crippen LogP contribution >= 0.6 is 0 Å². The van der Waals surface area contributed by atoms with Crippen molar-refractivity contribution in [2.75, 3.05) is 19.6 Å². The number of halogens is 2. The Hall–Kier alpha value is -0.780. The van der Waals surface area contributed by atoms with Crippen LogP contribution in [0.1, 0.15) is 26.7 Å². The molecule has 0 spiro atoms. The third-order valence-corrected chi connectivity index (χ3v) is 2.69. The predicted molar refractivity (Wildman–Crippen MR) is 51.7 cm³/mol. The number of hydrogen-bond acceptors (Lipinski definition) is 3. The van der Waals surface area contributed by atoms with Gasteiger partial charge in [-0.25, -0.2) is 8.78 Å². The number of hydrogen-bond donors (Lipinski definition) is 0. The van der Waals surface area contributed by atoms with Gasteiger partial charge in [-0.3, -0.25) is 15.0 Å². The molecule has 88 valence electrons. The van der Waals surface area contributed by atoms with E-state index >= 15 is 0 Å². The van der Waals surface area contributed by atoms with E-state index in [1.54, 1.807) is 4.90 Å². The molecule has 1 heterocycles. The van der Waals surface area contributed by atoms with Crippen molar-refractivity contribution >= 4 is 0 Å². The minimum atomic E-state index is -2.59. The van der Waals surface area contributed by atoms with E-state index in [0.29, 0.717) is 0 Å². The van der Waals surface area contributed by atoms with Crippen molar-refractivity contribution in [3.63, 3.8) is 0 Å². The van der Waals surface area contributed by atoms with Crippen molar-refractivity contribution in [3.8, 4) is 0 Å². The Morgan fingerprint density at radius 3 is 2.27 bits per heavy atom. The maximum absolute atomic E-state index is 12.8. The number of nitrogens with zero attached hydrogens (tertiary/aromatic N) is 2. The Bertz CT molecular complexity index is 246. The lowest BCUT2D eigenvalue weighted by Crippen LogP contribution is -2.48. The van der Waals surface area contributed by atoms with Gasteiger partial charge in [-0.15, -0.1) is 0 Å². The minimum Gasteiger partial charge on any atom is -0.296 e. The highest BCUT2D eigenvalue weighted by molar-refractivity contribution is 4.81. The fourth-order valence-corrected chi connectivity index (χ4v) is 1.64. The standard InChI is InChI=1S/C9H16F2N2O2/c1-8(2,13(14)15)7-12-5-3-9(10,11)4-6-12/h3-7H2,1-2H3. The fraction of sp³-hybridized carbons (Fsp3) is 1.00. The van der Waals surface area contributed by atoms with Gasteiger partial charge < -0.3 is 0 Å². The summed E-state index contributed by atoms with van der Waals surface area (Å²) in [5.41, 5.74) is -1.06. The van der Waals surface area contributed by atoms with Crippen LogP contribution in [0.25, 0.3) is 0 Å². The zero-order valence-corrected chi connectivity index (χ0v) is 9.00. The molecule has 1 aliphatic rings. The molecule has 0 unspecified atom stereocenters. The van der Waals surface area contributed by atoms with Gasteiger partial charge in [0.25, 0.3) is 5.92 Å². The number of alkyl halides is 2. The van der Waals surface area contributed by atoms with Gasteiger partial charge in [0.2, 0.25) is 5.54 Å². The number of rotatable bonds is 3. The van der Waals surface area contributed by atoms with Crippen LogP contribution < -0.4 is 0 Å². The molecule has 0 atom stereocenters. The third-order valence-electron chi connectivity index (χ3n) is 2.69. The van der Waals surface area contributed by atoms with E-state index in [1.165, 1.54) is 13.8 Å². The van der Waals surface area contributed by atoms with Gasteiger partial charge in [-0.05, 0) is 0 Å².